The summed E-state index contributed by atoms with van der Waals surface area (Å²) in [6, 6.07) is 21.7. The second-order valence-corrected chi connectivity index (χ2v) is 45.2. The van der Waals surface area contributed by atoms with Crippen LogP contribution in [0.2, 0.25) is 71.5 Å². The van der Waals surface area contributed by atoms with Crippen LogP contribution in [0.15, 0.2) is 70.9 Å². The molecule has 11 nitrogen and oxygen atoms in total. The number of hydrogen-bond donors (Lipinski definition) is 0. The van der Waals surface area contributed by atoms with E-state index in [0.717, 1.165) is 36.1 Å². The normalized spacial score (nSPS) is 18.5. The first kappa shape index (κ1) is 62.8. The minimum Gasteiger partial charge on any atom is -0.454 e. The van der Waals surface area contributed by atoms with E-state index < -0.39 is 33.3 Å². The molecule has 0 saturated carbocycles. The van der Waals surface area contributed by atoms with E-state index in [-0.39, 0.29) is 68.1 Å². The molecule has 392 valence electrons. The van der Waals surface area contributed by atoms with Crippen molar-refractivity contribution in [1.29, 1.82) is 0 Å². The summed E-state index contributed by atoms with van der Waals surface area (Å²) in [5.74, 6) is -0.171. The van der Waals surface area contributed by atoms with E-state index in [0.29, 0.717) is 26.4 Å². The number of hydrogen-bond acceptors (Lipinski definition) is 7. The van der Waals surface area contributed by atoms with E-state index in [1.807, 2.05) is 36.4 Å². The SMILES string of the molecule is C[C@@H](CC[Si](C)(O[Si](C)(CC[C@H](C)[C@@H](N=[N+]=[N-])[C@H](COCc1ccccc1)[C@@H](C)O[Si](C)(C)C(C)(C)C)C(C)(C)C)C(C)(C)C)[C@@H](N=[N+]=[N-])[C@H](COCc1ccccc1)[C@@H](C)O[Si](C)(C)C(C)(C)C. The van der Waals surface area contributed by atoms with Gasteiger partial charge < -0.3 is 22.4 Å². The summed E-state index contributed by atoms with van der Waals surface area (Å²) in [7, 11) is -9.36. The monoisotopic (exact) mass is 1020 g/mol. The van der Waals surface area contributed by atoms with Crippen molar-refractivity contribution in [3.63, 3.8) is 0 Å². The van der Waals surface area contributed by atoms with Crippen LogP contribution in [0.5, 0.6) is 0 Å². The van der Waals surface area contributed by atoms with E-state index in [4.69, 9.17) is 22.4 Å². The van der Waals surface area contributed by atoms with Crippen molar-refractivity contribution in [3.05, 3.63) is 92.7 Å². The molecular formula is C54H100N6O5Si4. The lowest BCUT2D eigenvalue weighted by Crippen LogP contribution is -2.57. The molecular weight excluding hydrogens is 925 g/mol. The highest BCUT2D eigenvalue weighted by Crippen LogP contribution is 2.50. The minimum atomic E-state index is -2.52. The van der Waals surface area contributed by atoms with E-state index in [2.05, 4.69) is 194 Å². The van der Waals surface area contributed by atoms with Crippen LogP contribution in [0.3, 0.4) is 0 Å². The van der Waals surface area contributed by atoms with Gasteiger partial charge in [0.25, 0.3) is 0 Å². The minimum absolute atomic E-state index is 0.0230. The second kappa shape index (κ2) is 26.1. The zero-order valence-electron chi connectivity index (χ0n) is 47.8. The van der Waals surface area contributed by atoms with Crippen molar-refractivity contribution < 1.29 is 22.4 Å². The Balaban J connectivity index is 2.50. The number of azide groups is 2. The third-order valence-electron chi connectivity index (χ3n) is 16.8. The molecule has 2 aromatic carbocycles. The van der Waals surface area contributed by atoms with Gasteiger partial charge in [-0.05, 0) is 119 Å². The Bertz CT molecular complexity index is 1790. The van der Waals surface area contributed by atoms with Crippen molar-refractivity contribution in [1.82, 2.24) is 0 Å². The summed E-state index contributed by atoms with van der Waals surface area (Å²) in [5.41, 5.74) is 22.5. The van der Waals surface area contributed by atoms with E-state index in [1.54, 1.807) is 0 Å². The maximum absolute atomic E-state index is 10.1. The molecule has 15 heteroatoms. The quantitative estimate of drug-likeness (QED) is 0.0361. The summed E-state index contributed by atoms with van der Waals surface area (Å²) in [6.45, 7) is 52.3. The van der Waals surface area contributed by atoms with Crippen LogP contribution in [-0.4, -0.2) is 70.8 Å². The van der Waals surface area contributed by atoms with Crippen LogP contribution in [0.25, 0.3) is 20.9 Å². The lowest BCUT2D eigenvalue weighted by Gasteiger charge is -2.51. The molecule has 0 aliphatic heterocycles. The first-order valence-electron chi connectivity index (χ1n) is 25.9. The largest absolute Gasteiger partial charge is 0.454 e. The zero-order valence-corrected chi connectivity index (χ0v) is 51.8. The molecule has 0 bridgehead atoms. The highest BCUT2D eigenvalue weighted by Gasteiger charge is 2.52. The molecule has 0 radical (unpaired) electrons. The zero-order chi connectivity index (χ0) is 52.9. The predicted molar refractivity (Wildman–Crippen MR) is 301 cm³/mol. The van der Waals surface area contributed by atoms with Gasteiger partial charge in [-0.25, -0.2) is 0 Å². The lowest BCUT2D eigenvalue weighted by atomic mass is 9.85. The summed E-state index contributed by atoms with van der Waals surface area (Å²) < 4.78 is 35.0. The summed E-state index contributed by atoms with van der Waals surface area (Å²) in [5, 5.41) is 9.06. The van der Waals surface area contributed by atoms with Gasteiger partial charge in [-0.1, -0.05) is 181 Å². The molecule has 0 amide bonds. The van der Waals surface area contributed by atoms with Crippen LogP contribution in [0, 0.1) is 23.7 Å². The van der Waals surface area contributed by atoms with E-state index >= 15 is 0 Å². The Morgan fingerprint density at radius 1 is 0.493 bits per heavy atom. The number of rotatable bonds is 28. The van der Waals surface area contributed by atoms with Crippen LogP contribution < -0.4 is 0 Å². The molecule has 0 saturated heterocycles. The molecule has 0 aromatic heterocycles. The number of nitrogens with zero attached hydrogens (tertiary/aromatic N) is 6. The van der Waals surface area contributed by atoms with Gasteiger partial charge >= 0.3 is 0 Å². The van der Waals surface area contributed by atoms with Gasteiger partial charge in [-0.15, -0.1) is 0 Å². The highest BCUT2D eigenvalue weighted by atomic mass is 28.4. The molecule has 69 heavy (non-hydrogen) atoms. The summed E-state index contributed by atoms with van der Waals surface area (Å²) in [6.07, 6.45) is 1.36. The fourth-order valence-corrected chi connectivity index (χ4v) is 22.3. The average Bonchev–Trinajstić information content (AvgIpc) is 3.22. The molecule has 2 unspecified atom stereocenters. The number of ether oxygens (including phenoxy) is 2. The molecule has 0 aliphatic rings. The topological polar surface area (TPSA) is 144 Å². The van der Waals surface area contributed by atoms with E-state index in [1.165, 1.54) is 0 Å². The smallest absolute Gasteiger partial charge is 0.192 e. The Hall–Kier alpha value is -2.27. The third kappa shape index (κ3) is 18.6. The Morgan fingerprint density at radius 2 is 0.797 bits per heavy atom. The van der Waals surface area contributed by atoms with Gasteiger partial charge in [0.2, 0.25) is 0 Å². The van der Waals surface area contributed by atoms with E-state index in [9.17, 15) is 11.1 Å². The van der Waals surface area contributed by atoms with Gasteiger partial charge in [-0.3, -0.25) is 0 Å². The van der Waals surface area contributed by atoms with Crippen molar-refractivity contribution >= 4 is 33.3 Å². The molecule has 2 aromatic rings. The van der Waals surface area contributed by atoms with Crippen LogP contribution in [0.1, 0.15) is 135 Å². The standard InChI is InChI=1S/C54H100N6O5Si4/c1-41(49(57-59-55)47(39-61-37-45-29-25-23-26-30-45)43(3)63-66(17,18)51(5,6)7)33-35-68(21,53(11,12)13)65-69(22,54(14,15)16)36-34-42(2)50(58-60-56)48(40-62-38-46-31-27-24-28-32-46)44(4)64-67(19,20)52(8,9)10/h23-32,41-44,47-50H,33-40H2,1-22H3/t41-,42-,43+,44+,47+,48+,49+,50+,68?,69?/m0/s1. The van der Waals surface area contributed by atoms with Gasteiger partial charge in [-0.2, -0.15) is 0 Å². The lowest BCUT2D eigenvalue weighted by molar-refractivity contribution is 0.0141. The van der Waals surface area contributed by atoms with Crippen molar-refractivity contribution in [2.45, 2.75) is 233 Å². The molecule has 0 aliphatic carbocycles. The molecule has 10 atom stereocenters. The van der Waals surface area contributed by atoms with Gasteiger partial charge in [0, 0.05) is 46.0 Å². The Labute approximate surface area is 426 Å². The van der Waals surface area contributed by atoms with Crippen LogP contribution in [-0.2, 0) is 35.7 Å². The third-order valence-corrected chi connectivity index (χ3v) is 38.4. The molecule has 0 fully saturated rings. The second-order valence-electron chi connectivity index (χ2n) is 26.0. The van der Waals surface area contributed by atoms with Gasteiger partial charge in [0.05, 0.1) is 26.4 Å². The fourth-order valence-electron chi connectivity index (χ4n) is 8.62. The average molecular weight is 1030 g/mol. The molecule has 0 heterocycles. The Morgan fingerprint density at radius 3 is 1.06 bits per heavy atom. The van der Waals surface area contributed by atoms with Crippen molar-refractivity contribution in [2.75, 3.05) is 13.2 Å². The van der Waals surface area contributed by atoms with Crippen molar-refractivity contribution in [2.24, 2.45) is 33.9 Å². The summed E-state index contributed by atoms with van der Waals surface area (Å²) >= 11 is 0. The van der Waals surface area contributed by atoms with Crippen molar-refractivity contribution in [3.8, 4) is 0 Å². The highest BCUT2D eigenvalue weighted by molar-refractivity contribution is 6.88. The molecule has 2 rings (SSSR count). The van der Waals surface area contributed by atoms with Gasteiger partial charge in [0.15, 0.2) is 33.3 Å². The predicted octanol–water partition coefficient (Wildman–Crippen LogP) is 17.7. The molecule has 0 N–H and O–H groups in total. The van der Waals surface area contributed by atoms with Crippen LogP contribution in [0.4, 0.5) is 0 Å². The maximum Gasteiger partial charge on any atom is 0.192 e. The maximum atomic E-state index is 10.1. The first-order valence-corrected chi connectivity index (χ1v) is 37.0. The fraction of sp³-hybridized carbons (Fsp3) is 0.778. The molecule has 0 spiro atoms. The number of benzene rings is 2. The van der Waals surface area contributed by atoms with Gasteiger partial charge in [0.1, 0.15) is 0 Å². The van der Waals surface area contributed by atoms with Crippen LogP contribution >= 0.6 is 0 Å². The Kier molecular flexibility index (Phi) is 23.8. The first-order chi connectivity index (χ1) is 31.6. The summed E-state index contributed by atoms with van der Waals surface area (Å²) in [4.78, 5) is 6.95.